The normalized spacial score (nSPS) is 32.5. The minimum Gasteiger partial charge on any atom is -0.411 e. The summed E-state index contributed by atoms with van der Waals surface area (Å²) in [5, 5.41) is 0. The van der Waals surface area contributed by atoms with Crippen LogP contribution in [0.2, 0.25) is 6.32 Å². The molecule has 0 radical (unpaired) electrons. The number of hydrogen-bond donors (Lipinski definition) is 0. The molecule has 3 heteroatoms. The van der Waals surface area contributed by atoms with Crippen LogP contribution in [0.25, 0.3) is 0 Å². The van der Waals surface area contributed by atoms with Crippen LogP contribution >= 0.6 is 0 Å². The Morgan fingerprint density at radius 1 is 1.45 bits per heavy atom. The lowest BCUT2D eigenvalue weighted by Crippen LogP contribution is -2.39. The molecule has 0 amide bonds. The van der Waals surface area contributed by atoms with Crippen molar-refractivity contribution < 1.29 is 9.31 Å². The Kier molecular flexibility index (Phi) is 3.40. The highest BCUT2D eigenvalue weighted by Gasteiger charge is 2.28. The molecule has 0 aromatic heterocycles. The fraction of sp³-hybridized carbons (Fsp3) is 1.00. The zero-order valence-electron chi connectivity index (χ0n) is 7.67. The van der Waals surface area contributed by atoms with Gasteiger partial charge >= 0.3 is 7.12 Å². The van der Waals surface area contributed by atoms with Crippen LogP contribution < -0.4 is 0 Å². The molecule has 1 saturated heterocycles. The van der Waals surface area contributed by atoms with E-state index in [1.165, 1.54) is 0 Å². The molecule has 11 heavy (non-hydrogen) atoms. The second-order valence-electron chi connectivity index (χ2n) is 3.37. The largest absolute Gasteiger partial charge is 0.457 e. The first-order valence-corrected chi connectivity index (χ1v) is 4.51. The van der Waals surface area contributed by atoms with Crippen LogP contribution in [0, 0.1) is 5.92 Å². The van der Waals surface area contributed by atoms with Gasteiger partial charge in [0.2, 0.25) is 0 Å². The van der Waals surface area contributed by atoms with E-state index in [1.54, 1.807) is 0 Å². The van der Waals surface area contributed by atoms with Crippen LogP contribution in [-0.4, -0.2) is 19.8 Å². The van der Waals surface area contributed by atoms with E-state index < -0.39 is 0 Å². The Morgan fingerprint density at radius 2 is 2.18 bits per heavy atom. The van der Waals surface area contributed by atoms with Gasteiger partial charge in [0.1, 0.15) is 0 Å². The molecule has 0 spiro atoms. The van der Waals surface area contributed by atoms with E-state index in [0.717, 1.165) is 19.3 Å². The summed E-state index contributed by atoms with van der Waals surface area (Å²) in [7, 11) is 0.0613. The first-order chi connectivity index (χ1) is 5.24. The molecule has 0 N–H and O–H groups in total. The van der Waals surface area contributed by atoms with E-state index in [2.05, 4.69) is 20.8 Å². The predicted octanol–water partition coefficient (Wildman–Crippen LogP) is 1.96. The van der Waals surface area contributed by atoms with Gasteiger partial charge in [-0.25, -0.2) is 0 Å². The molecule has 0 bridgehead atoms. The maximum atomic E-state index is 5.62. The van der Waals surface area contributed by atoms with Crippen LogP contribution in [0.15, 0.2) is 0 Å². The summed E-state index contributed by atoms with van der Waals surface area (Å²) in [6, 6.07) is 0. The van der Waals surface area contributed by atoms with Crippen LogP contribution in [0.1, 0.15) is 27.2 Å². The third-order valence-electron chi connectivity index (χ3n) is 2.24. The molecule has 0 aromatic rings. The summed E-state index contributed by atoms with van der Waals surface area (Å²) < 4.78 is 11.1. The molecule has 0 saturated carbocycles. The molecule has 2 unspecified atom stereocenters. The lowest BCUT2D eigenvalue weighted by atomic mass is 9.80. The average molecular weight is 156 g/mol. The SMILES string of the molecule is CCCB1OCC(C)C(C)O1. The Labute approximate surface area is 69.4 Å². The Hall–Kier alpha value is -0.0151. The summed E-state index contributed by atoms with van der Waals surface area (Å²) in [6.07, 6.45) is 2.52. The molecule has 2 atom stereocenters. The summed E-state index contributed by atoms with van der Waals surface area (Å²) in [5.41, 5.74) is 0. The van der Waals surface area contributed by atoms with Crippen molar-refractivity contribution in [1.82, 2.24) is 0 Å². The molecule has 1 aliphatic heterocycles. The van der Waals surface area contributed by atoms with Crippen LogP contribution in [-0.2, 0) is 9.31 Å². The molecule has 64 valence electrons. The summed E-state index contributed by atoms with van der Waals surface area (Å²) in [4.78, 5) is 0. The lowest BCUT2D eigenvalue weighted by Gasteiger charge is -2.30. The Balaban J connectivity index is 2.28. The summed E-state index contributed by atoms with van der Waals surface area (Å²) in [5.74, 6) is 0.545. The highest BCUT2D eigenvalue weighted by Crippen LogP contribution is 2.18. The molecule has 1 rings (SSSR count). The van der Waals surface area contributed by atoms with Gasteiger partial charge in [-0.05, 0) is 13.2 Å². The monoisotopic (exact) mass is 156 g/mol. The summed E-state index contributed by atoms with van der Waals surface area (Å²) in [6.45, 7) is 7.28. The number of hydrogen-bond acceptors (Lipinski definition) is 2. The van der Waals surface area contributed by atoms with Gasteiger partial charge in [-0.2, -0.15) is 0 Å². The van der Waals surface area contributed by atoms with Crippen LogP contribution in [0.5, 0.6) is 0 Å². The van der Waals surface area contributed by atoms with Crippen molar-refractivity contribution in [1.29, 1.82) is 0 Å². The Bertz CT molecular complexity index is 119. The molecule has 0 aliphatic carbocycles. The van der Waals surface area contributed by atoms with Crippen molar-refractivity contribution in [2.45, 2.75) is 39.6 Å². The van der Waals surface area contributed by atoms with Gasteiger partial charge < -0.3 is 9.31 Å². The zero-order chi connectivity index (χ0) is 8.27. The lowest BCUT2D eigenvalue weighted by molar-refractivity contribution is 0.0309. The first-order valence-electron chi connectivity index (χ1n) is 4.51. The smallest absolute Gasteiger partial charge is 0.411 e. The first kappa shape index (κ1) is 9.08. The average Bonchev–Trinajstić information content (AvgIpc) is 1.98. The molecule has 2 nitrogen and oxygen atoms in total. The molecule has 1 heterocycles. The zero-order valence-corrected chi connectivity index (χ0v) is 7.67. The highest BCUT2D eigenvalue weighted by atomic mass is 16.6. The van der Waals surface area contributed by atoms with Crippen LogP contribution in [0.3, 0.4) is 0 Å². The third-order valence-corrected chi connectivity index (χ3v) is 2.24. The van der Waals surface area contributed by atoms with Gasteiger partial charge in [0.05, 0.1) is 0 Å². The van der Waals surface area contributed by atoms with Gasteiger partial charge in [-0.15, -0.1) is 0 Å². The van der Waals surface area contributed by atoms with Gasteiger partial charge in [0.15, 0.2) is 0 Å². The van der Waals surface area contributed by atoms with Crippen molar-refractivity contribution in [3.63, 3.8) is 0 Å². The highest BCUT2D eigenvalue weighted by molar-refractivity contribution is 6.44. The fourth-order valence-corrected chi connectivity index (χ4v) is 1.19. The molecule has 0 aromatic carbocycles. The minimum absolute atomic E-state index is 0.0613. The van der Waals surface area contributed by atoms with E-state index in [-0.39, 0.29) is 7.12 Å². The second kappa shape index (κ2) is 4.12. The van der Waals surface area contributed by atoms with E-state index in [4.69, 9.17) is 9.31 Å². The quantitative estimate of drug-likeness (QED) is 0.569. The summed E-state index contributed by atoms with van der Waals surface area (Å²) >= 11 is 0. The maximum Gasteiger partial charge on any atom is 0.457 e. The van der Waals surface area contributed by atoms with Gasteiger partial charge in [0, 0.05) is 18.6 Å². The fourth-order valence-electron chi connectivity index (χ4n) is 1.19. The van der Waals surface area contributed by atoms with Gasteiger partial charge in [-0.3, -0.25) is 0 Å². The van der Waals surface area contributed by atoms with Crippen molar-refractivity contribution in [2.24, 2.45) is 5.92 Å². The van der Waals surface area contributed by atoms with Crippen molar-refractivity contribution in [2.75, 3.05) is 6.61 Å². The maximum absolute atomic E-state index is 5.62. The van der Waals surface area contributed by atoms with E-state index in [0.29, 0.717) is 12.0 Å². The minimum atomic E-state index is 0.0613. The van der Waals surface area contributed by atoms with Crippen molar-refractivity contribution >= 4 is 7.12 Å². The van der Waals surface area contributed by atoms with Crippen molar-refractivity contribution in [3.8, 4) is 0 Å². The Morgan fingerprint density at radius 3 is 2.73 bits per heavy atom. The number of rotatable bonds is 2. The van der Waals surface area contributed by atoms with Gasteiger partial charge in [-0.1, -0.05) is 20.3 Å². The third kappa shape index (κ3) is 2.49. The molecule has 1 fully saturated rings. The predicted molar refractivity (Wildman–Crippen MR) is 46.5 cm³/mol. The molecular formula is C8H17BO2. The van der Waals surface area contributed by atoms with Gasteiger partial charge in [0.25, 0.3) is 0 Å². The van der Waals surface area contributed by atoms with E-state index in [9.17, 15) is 0 Å². The topological polar surface area (TPSA) is 18.5 Å². The van der Waals surface area contributed by atoms with E-state index in [1.807, 2.05) is 0 Å². The van der Waals surface area contributed by atoms with Crippen molar-refractivity contribution in [3.05, 3.63) is 0 Å². The second-order valence-corrected chi connectivity index (χ2v) is 3.37. The van der Waals surface area contributed by atoms with Crippen LogP contribution in [0.4, 0.5) is 0 Å². The van der Waals surface area contributed by atoms with E-state index >= 15 is 0 Å². The molecule has 1 aliphatic rings. The molecular weight excluding hydrogens is 139 g/mol. The standard InChI is InChI=1S/C8H17BO2/c1-4-5-9-10-6-7(2)8(3)11-9/h7-8H,4-6H2,1-3H3.